The molecule has 17 nitrogen and oxygen atoms in total. The maximum absolute atomic E-state index is 13.1. The molecule has 0 aliphatic rings. The number of aliphatic hydroxyl groups is 1. The van der Waals surface area contributed by atoms with E-state index in [1.165, 1.54) is 0 Å². The van der Waals surface area contributed by atoms with Gasteiger partial charge >= 0.3 is 39.5 Å². The summed E-state index contributed by atoms with van der Waals surface area (Å²) in [5, 5.41) is 10.6. The van der Waals surface area contributed by atoms with Crippen molar-refractivity contribution in [1.29, 1.82) is 0 Å². The SMILES string of the molecule is CC/C=C\C/C=C\C/C=C\C/C=C\C/C=C\C/C=C\CCC(=O)OCC(COP(=O)(O)OCC(O)COP(=O)(O)OCC(COC(=O)CCCC/C=C\C/C=C\C/C=C\C/C=C\CC)OC(=O)CCCC/C=C\C/C=C\C/C=C\C/C=C\CC)OC(=O)CCCC/C=C\C/C=C\C/C=C\C/C=C\CC. The van der Waals surface area contributed by atoms with Crippen LogP contribution in [0.2, 0.25) is 0 Å². The molecule has 0 amide bonds. The van der Waals surface area contributed by atoms with Gasteiger partial charge in [0.05, 0.1) is 26.4 Å². The van der Waals surface area contributed by atoms with Crippen molar-refractivity contribution in [2.75, 3.05) is 39.6 Å². The molecular weight excluding hydrogens is 1350 g/mol. The number of unbranched alkanes of at least 4 members (excludes halogenated alkanes) is 6. The second-order valence-electron chi connectivity index (χ2n) is 24.1. The zero-order valence-corrected chi connectivity index (χ0v) is 65.1. The number of allylic oxidation sites excluding steroid dienone is 36. The lowest BCUT2D eigenvalue weighted by molar-refractivity contribution is -0.161. The molecule has 19 heteroatoms. The van der Waals surface area contributed by atoms with Crippen molar-refractivity contribution in [3.63, 3.8) is 0 Å². The molecular formula is C85H130O17P2. The molecule has 0 radical (unpaired) electrons. The third-order valence-corrected chi connectivity index (χ3v) is 16.3. The van der Waals surface area contributed by atoms with Crippen LogP contribution in [0.1, 0.15) is 233 Å². The second kappa shape index (κ2) is 74.6. The van der Waals surface area contributed by atoms with Crippen molar-refractivity contribution in [2.45, 2.75) is 251 Å². The van der Waals surface area contributed by atoms with Crippen LogP contribution in [0, 0.1) is 0 Å². The average Bonchev–Trinajstić information content (AvgIpc) is 0.918. The van der Waals surface area contributed by atoms with Gasteiger partial charge in [-0.25, -0.2) is 9.13 Å². The topological polar surface area (TPSA) is 237 Å². The highest BCUT2D eigenvalue weighted by Gasteiger charge is 2.30. The summed E-state index contributed by atoms with van der Waals surface area (Å²) < 4.78 is 68.3. The molecule has 104 heavy (non-hydrogen) atoms. The van der Waals surface area contributed by atoms with Crippen LogP contribution >= 0.6 is 15.6 Å². The van der Waals surface area contributed by atoms with Gasteiger partial charge in [0.2, 0.25) is 0 Å². The van der Waals surface area contributed by atoms with Gasteiger partial charge in [-0.05, 0) is 180 Å². The second-order valence-corrected chi connectivity index (χ2v) is 27.0. The van der Waals surface area contributed by atoms with Crippen molar-refractivity contribution in [3.8, 4) is 0 Å². The smallest absolute Gasteiger partial charge is 0.462 e. The Balaban J connectivity index is 5.56. The van der Waals surface area contributed by atoms with E-state index in [2.05, 4.69) is 216 Å². The Morgan fingerprint density at radius 2 is 0.481 bits per heavy atom. The third-order valence-electron chi connectivity index (χ3n) is 14.4. The van der Waals surface area contributed by atoms with Gasteiger partial charge < -0.3 is 33.8 Å². The predicted octanol–water partition coefficient (Wildman–Crippen LogP) is 22.1. The first-order chi connectivity index (χ1) is 50.7. The molecule has 0 spiro atoms. The summed E-state index contributed by atoms with van der Waals surface area (Å²) in [5.41, 5.74) is 0. The molecule has 582 valence electrons. The number of phosphoric ester groups is 2. The summed E-state index contributed by atoms with van der Waals surface area (Å²) in [6, 6.07) is 0. The van der Waals surface area contributed by atoms with Gasteiger partial charge in [0.15, 0.2) is 12.2 Å². The molecule has 0 aromatic carbocycles. The zero-order valence-electron chi connectivity index (χ0n) is 63.3. The standard InChI is InChI=1S/C85H130O17P2/c1-5-9-13-17-21-25-29-33-37-38-39-40-44-46-50-54-58-62-66-70-83(88)96-76-81(102-85(90)72-68-64-60-56-52-48-43-36-32-28-24-20-16-12-8-4)78-100-104(93,94)98-74-79(86)73-97-103(91,92)99-77-80(101-84(89)71-67-63-59-55-51-47-42-35-31-27-23-19-15-11-7-3)75-95-82(87)69-65-61-57-53-49-45-41-34-30-26-22-18-14-10-6-2/h9-16,21-28,33-37,39-43,46,49-53,55-56,58,62,79-81,86H,5-8,17-20,29-32,38,44-45,47-48,54,57,59-61,63-78H2,1-4H3,(H,91,92)(H,93,94)/b13-9-,14-10-,15-11-,16-12-,25-21-,26-22-,27-23-,28-24-,37-33-,40-39-,41-34-,42-35-,43-36-,50-46-,53-49-,55-51-,56-52-,62-58-. The normalized spacial score (nSPS) is 15.1. The maximum atomic E-state index is 13.1. The first-order valence-electron chi connectivity index (χ1n) is 38.0. The van der Waals surface area contributed by atoms with Crippen LogP contribution < -0.4 is 0 Å². The summed E-state index contributed by atoms with van der Waals surface area (Å²) in [4.78, 5) is 72.9. The number of carbonyl (C=O) groups excluding carboxylic acids is 4. The van der Waals surface area contributed by atoms with Gasteiger partial charge in [0.25, 0.3) is 0 Å². The fraction of sp³-hybridized carbons (Fsp3) is 0.529. The number of phosphoric acid groups is 2. The van der Waals surface area contributed by atoms with E-state index in [-0.39, 0.29) is 25.7 Å². The van der Waals surface area contributed by atoms with E-state index < -0.39 is 97.5 Å². The fourth-order valence-corrected chi connectivity index (χ4v) is 10.4. The predicted molar refractivity (Wildman–Crippen MR) is 426 cm³/mol. The van der Waals surface area contributed by atoms with E-state index in [1.807, 2.05) is 30.4 Å². The Labute approximate surface area is 626 Å². The molecule has 0 aromatic rings. The van der Waals surface area contributed by atoms with Crippen molar-refractivity contribution in [3.05, 3.63) is 219 Å². The number of hydrogen-bond donors (Lipinski definition) is 3. The first-order valence-corrected chi connectivity index (χ1v) is 41.0. The molecule has 0 aliphatic carbocycles. The molecule has 0 saturated carbocycles. The maximum Gasteiger partial charge on any atom is 0.472 e. The number of esters is 4. The van der Waals surface area contributed by atoms with Crippen molar-refractivity contribution >= 4 is 39.5 Å². The van der Waals surface area contributed by atoms with Crippen LogP contribution in [0.25, 0.3) is 0 Å². The van der Waals surface area contributed by atoms with Gasteiger partial charge in [-0.2, -0.15) is 0 Å². The summed E-state index contributed by atoms with van der Waals surface area (Å²) in [7, 11) is -10.0. The molecule has 0 aromatic heterocycles. The number of ether oxygens (including phenoxy) is 4. The van der Waals surface area contributed by atoms with Crippen LogP contribution in [0.5, 0.6) is 0 Å². The first kappa shape index (κ1) is 97.4. The van der Waals surface area contributed by atoms with Crippen molar-refractivity contribution in [2.24, 2.45) is 0 Å². The Morgan fingerprint density at radius 3 is 0.740 bits per heavy atom. The van der Waals surface area contributed by atoms with Crippen molar-refractivity contribution in [1.82, 2.24) is 0 Å². The summed E-state index contributed by atoms with van der Waals surface area (Å²) in [6.07, 6.45) is 93.9. The molecule has 0 fully saturated rings. The van der Waals surface area contributed by atoms with Gasteiger partial charge in [0.1, 0.15) is 19.3 Å². The van der Waals surface area contributed by atoms with Gasteiger partial charge in [-0.1, -0.05) is 246 Å². The van der Waals surface area contributed by atoms with E-state index in [0.29, 0.717) is 44.9 Å². The van der Waals surface area contributed by atoms with E-state index in [0.717, 1.165) is 135 Å². The third kappa shape index (κ3) is 73.7. The highest BCUT2D eigenvalue weighted by Crippen LogP contribution is 2.45. The molecule has 0 saturated heterocycles. The number of rotatable bonds is 68. The molecule has 5 unspecified atom stereocenters. The Morgan fingerprint density at radius 1 is 0.269 bits per heavy atom. The van der Waals surface area contributed by atoms with Gasteiger partial charge in [-0.15, -0.1) is 0 Å². The van der Waals surface area contributed by atoms with Crippen LogP contribution in [0.15, 0.2) is 219 Å². The molecule has 5 atom stereocenters. The monoisotopic (exact) mass is 1480 g/mol. The van der Waals surface area contributed by atoms with Gasteiger partial charge in [-0.3, -0.25) is 37.3 Å². The van der Waals surface area contributed by atoms with Crippen molar-refractivity contribution < 1.29 is 80.2 Å². The molecule has 0 heterocycles. The van der Waals surface area contributed by atoms with E-state index in [4.69, 9.17) is 37.0 Å². The van der Waals surface area contributed by atoms with Crippen LogP contribution in [-0.4, -0.2) is 96.7 Å². The minimum Gasteiger partial charge on any atom is -0.462 e. The highest BCUT2D eigenvalue weighted by molar-refractivity contribution is 7.47. The lowest BCUT2D eigenvalue weighted by Crippen LogP contribution is -2.30. The zero-order chi connectivity index (χ0) is 76.0. The van der Waals surface area contributed by atoms with Crippen LogP contribution in [0.3, 0.4) is 0 Å². The Hall–Kier alpha value is -6.62. The van der Waals surface area contributed by atoms with Crippen LogP contribution in [-0.2, 0) is 65.4 Å². The van der Waals surface area contributed by atoms with E-state index in [9.17, 15) is 43.2 Å². The lowest BCUT2D eigenvalue weighted by atomic mass is 10.1. The van der Waals surface area contributed by atoms with Gasteiger partial charge in [0, 0.05) is 25.7 Å². The average molecular weight is 1490 g/mol. The summed E-state index contributed by atoms with van der Waals surface area (Å²) in [6.45, 7) is 4.12. The molecule has 0 bridgehead atoms. The van der Waals surface area contributed by atoms with E-state index in [1.54, 1.807) is 0 Å². The summed E-state index contributed by atoms with van der Waals surface area (Å²) >= 11 is 0. The van der Waals surface area contributed by atoms with E-state index >= 15 is 0 Å². The quantitative estimate of drug-likeness (QED) is 0.0169. The minimum absolute atomic E-state index is 0.0145. The minimum atomic E-state index is -5.02. The number of carbonyl (C=O) groups is 4. The fourth-order valence-electron chi connectivity index (χ4n) is 8.80. The Bertz CT molecular complexity index is 2840. The number of aliphatic hydroxyl groups excluding tert-OH is 1. The summed E-state index contributed by atoms with van der Waals surface area (Å²) in [5.74, 6) is -2.45. The largest absolute Gasteiger partial charge is 0.472 e. The lowest BCUT2D eigenvalue weighted by Gasteiger charge is -2.21. The number of hydrogen-bond acceptors (Lipinski definition) is 15. The molecule has 0 rings (SSSR count). The molecule has 0 aliphatic heterocycles. The Kier molecular flexibility index (Phi) is 69.9. The highest BCUT2D eigenvalue weighted by atomic mass is 31.2. The van der Waals surface area contributed by atoms with Crippen LogP contribution in [0.4, 0.5) is 0 Å². The molecule has 3 N–H and O–H groups in total.